The third kappa shape index (κ3) is 2.72. The highest BCUT2D eigenvalue weighted by Gasteiger charge is 2.51. The molecule has 0 aromatic heterocycles. The van der Waals surface area contributed by atoms with Crippen LogP contribution in [-0.4, -0.2) is 22.2 Å². The fourth-order valence-corrected chi connectivity index (χ4v) is 3.77. The Morgan fingerprint density at radius 1 is 1.19 bits per heavy atom. The van der Waals surface area contributed by atoms with Gasteiger partial charge in [-0.15, -0.1) is 0 Å². The lowest BCUT2D eigenvalue weighted by Gasteiger charge is -2.39. The molecule has 21 heavy (non-hydrogen) atoms. The van der Waals surface area contributed by atoms with Crippen LogP contribution in [0.5, 0.6) is 0 Å². The molecule has 0 spiro atoms. The summed E-state index contributed by atoms with van der Waals surface area (Å²) < 4.78 is 13.6. The van der Waals surface area contributed by atoms with Crippen LogP contribution in [0.15, 0.2) is 34.8 Å². The zero-order valence-corrected chi connectivity index (χ0v) is 12.9. The van der Waals surface area contributed by atoms with Crippen molar-refractivity contribution in [2.24, 2.45) is 5.41 Å². The zero-order valence-electron chi connectivity index (χ0n) is 11.3. The van der Waals surface area contributed by atoms with E-state index in [-0.39, 0.29) is 12.8 Å². The summed E-state index contributed by atoms with van der Waals surface area (Å²) in [7, 11) is 0. The summed E-state index contributed by atoms with van der Waals surface area (Å²) in [6, 6.07) is 5.12. The van der Waals surface area contributed by atoms with E-state index in [0.29, 0.717) is 10.0 Å². The van der Waals surface area contributed by atoms with Gasteiger partial charge < -0.3 is 10.2 Å². The molecule has 0 saturated heterocycles. The molecule has 0 fully saturated rings. The molecule has 6 heteroatoms. The van der Waals surface area contributed by atoms with Crippen LogP contribution in [0.2, 0.25) is 0 Å². The van der Waals surface area contributed by atoms with E-state index in [1.807, 2.05) is 0 Å². The second-order valence-electron chi connectivity index (χ2n) is 5.59. The van der Waals surface area contributed by atoms with E-state index in [4.69, 9.17) is 0 Å². The molecule has 2 atom stereocenters. The van der Waals surface area contributed by atoms with Gasteiger partial charge in [0.1, 0.15) is 11.2 Å². The Balaban J connectivity index is 2.62. The molecule has 0 aliphatic heterocycles. The quantitative estimate of drug-likeness (QED) is 0.871. The van der Waals surface area contributed by atoms with Gasteiger partial charge in [-0.05, 0) is 41.9 Å². The molecule has 0 radical (unpaired) electrons. The Bertz CT molecular complexity index is 625. The largest absolute Gasteiger partial charge is 0.481 e. The molecule has 1 aliphatic rings. The fourth-order valence-electron chi connectivity index (χ4n) is 2.76. The molecular formula is C15H14BrFO4. The first-order valence-corrected chi connectivity index (χ1v) is 7.09. The Morgan fingerprint density at radius 3 is 2.24 bits per heavy atom. The van der Waals surface area contributed by atoms with Gasteiger partial charge >= 0.3 is 11.9 Å². The Hall–Kier alpha value is -1.69. The normalized spacial score (nSPS) is 28.8. The van der Waals surface area contributed by atoms with E-state index < -0.39 is 28.6 Å². The minimum Gasteiger partial charge on any atom is -0.481 e. The lowest BCUT2D eigenvalue weighted by atomic mass is 9.63. The topological polar surface area (TPSA) is 74.6 Å². The second-order valence-corrected chi connectivity index (χ2v) is 6.61. The first kappa shape index (κ1) is 15.7. The molecule has 2 N–H and O–H groups in total. The molecule has 0 saturated carbocycles. The van der Waals surface area contributed by atoms with Crippen molar-refractivity contribution in [2.45, 2.75) is 25.2 Å². The maximum atomic E-state index is 13.1. The Kier molecular flexibility index (Phi) is 3.93. The predicted octanol–water partition coefficient (Wildman–Crippen LogP) is 3.31. The van der Waals surface area contributed by atoms with Crippen LogP contribution in [0.1, 0.15) is 25.3 Å². The van der Waals surface area contributed by atoms with Crippen molar-refractivity contribution in [3.63, 3.8) is 0 Å². The minimum atomic E-state index is -1.49. The van der Waals surface area contributed by atoms with Crippen LogP contribution in [0.3, 0.4) is 0 Å². The standard InChI is InChI=1S/C15H14BrFO4/c1-14(12(18)19)6-10(16)7-15(8-14,13(20)21)9-2-4-11(17)5-3-9/h2-5,7H,6,8H2,1H3,(H,18,19)(H,20,21). The zero-order chi connectivity index (χ0) is 15.8. The molecule has 0 bridgehead atoms. The van der Waals surface area contributed by atoms with Gasteiger partial charge in [-0.2, -0.15) is 0 Å². The third-order valence-electron chi connectivity index (χ3n) is 3.89. The van der Waals surface area contributed by atoms with Gasteiger partial charge in [0.15, 0.2) is 0 Å². The van der Waals surface area contributed by atoms with Gasteiger partial charge in [-0.25, -0.2) is 4.39 Å². The van der Waals surface area contributed by atoms with E-state index in [1.165, 1.54) is 37.3 Å². The number of benzene rings is 1. The van der Waals surface area contributed by atoms with Gasteiger partial charge in [-0.1, -0.05) is 34.1 Å². The lowest BCUT2D eigenvalue weighted by molar-refractivity contribution is -0.152. The summed E-state index contributed by atoms with van der Waals surface area (Å²) in [5.41, 5.74) is -2.33. The van der Waals surface area contributed by atoms with Crippen molar-refractivity contribution in [3.8, 4) is 0 Å². The van der Waals surface area contributed by atoms with Gasteiger partial charge in [-0.3, -0.25) is 9.59 Å². The SMILES string of the molecule is CC1(C(=O)O)CC(Br)=CC(C(=O)O)(c2ccc(F)cc2)C1. The molecule has 2 rings (SSSR count). The third-order valence-corrected chi connectivity index (χ3v) is 4.40. The smallest absolute Gasteiger partial charge is 0.318 e. The first-order chi connectivity index (χ1) is 9.69. The maximum Gasteiger partial charge on any atom is 0.318 e. The monoisotopic (exact) mass is 356 g/mol. The summed E-state index contributed by atoms with van der Waals surface area (Å²) in [5.74, 6) is -2.68. The van der Waals surface area contributed by atoms with Gasteiger partial charge in [0.05, 0.1) is 5.41 Å². The first-order valence-electron chi connectivity index (χ1n) is 6.30. The summed E-state index contributed by atoms with van der Waals surface area (Å²) >= 11 is 3.25. The molecule has 0 amide bonds. The number of rotatable bonds is 3. The van der Waals surface area contributed by atoms with Crippen LogP contribution in [0.4, 0.5) is 4.39 Å². The average molecular weight is 357 g/mol. The number of hydrogen-bond donors (Lipinski definition) is 2. The van der Waals surface area contributed by atoms with E-state index >= 15 is 0 Å². The van der Waals surface area contributed by atoms with Crippen molar-refractivity contribution in [3.05, 3.63) is 46.2 Å². The van der Waals surface area contributed by atoms with Gasteiger partial charge in [0, 0.05) is 0 Å². The summed E-state index contributed by atoms with van der Waals surface area (Å²) in [6.07, 6.45) is 1.64. The molecule has 1 aromatic carbocycles. The average Bonchev–Trinajstić information content (AvgIpc) is 2.37. The highest BCUT2D eigenvalue weighted by atomic mass is 79.9. The highest BCUT2D eigenvalue weighted by molar-refractivity contribution is 9.11. The molecule has 1 aliphatic carbocycles. The van der Waals surface area contributed by atoms with Crippen molar-refractivity contribution < 1.29 is 24.2 Å². The van der Waals surface area contributed by atoms with Crippen molar-refractivity contribution >= 4 is 27.9 Å². The molecular weight excluding hydrogens is 343 g/mol. The van der Waals surface area contributed by atoms with Gasteiger partial charge in [0.25, 0.3) is 0 Å². The van der Waals surface area contributed by atoms with Crippen LogP contribution in [-0.2, 0) is 15.0 Å². The Labute approximate surface area is 129 Å². The molecule has 0 heterocycles. The van der Waals surface area contributed by atoms with Gasteiger partial charge in [0.2, 0.25) is 0 Å². The predicted molar refractivity (Wildman–Crippen MR) is 77.7 cm³/mol. The fraction of sp³-hybridized carbons (Fsp3) is 0.333. The summed E-state index contributed by atoms with van der Waals surface area (Å²) in [5, 5.41) is 19.1. The molecule has 1 aromatic rings. The molecule has 112 valence electrons. The highest BCUT2D eigenvalue weighted by Crippen LogP contribution is 2.48. The summed E-state index contributed by atoms with van der Waals surface area (Å²) in [6.45, 7) is 1.52. The maximum absolute atomic E-state index is 13.1. The Morgan fingerprint density at radius 2 is 1.76 bits per heavy atom. The number of carboxylic acids is 2. The lowest BCUT2D eigenvalue weighted by Crippen LogP contribution is -2.45. The minimum absolute atomic E-state index is 0.0919. The van der Waals surface area contributed by atoms with E-state index in [1.54, 1.807) is 0 Å². The molecule has 2 unspecified atom stereocenters. The van der Waals surface area contributed by atoms with Crippen LogP contribution >= 0.6 is 15.9 Å². The van der Waals surface area contributed by atoms with E-state index in [9.17, 15) is 24.2 Å². The second kappa shape index (κ2) is 5.26. The number of allylic oxidation sites excluding steroid dienone is 1. The number of carboxylic acid groups (broad SMARTS) is 2. The van der Waals surface area contributed by atoms with Crippen molar-refractivity contribution in [1.82, 2.24) is 0 Å². The van der Waals surface area contributed by atoms with E-state index in [2.05, 4.69) is 15.9 Å². The number of halogens is 2. The van der Waals surface area contributed by atoms with Crippen LogP contribution in [0.25, 0.3) is 0 Å². The number of carbonyl (C=O) groups is 2. The number of hydrogen-bond acceptors (Lipinski definition) is 2. The molecule has 4 nitrogen and oxygen atoms in total. The van der Waals surface area contributed by atoms with Crippen molar-refractivity contribution in [2.75, 3.05) is 0 Å². The summed E-state index contributed by atoms with van der Waals surface area (Å²) in [4.78, 5) is 23.4. The van der Waals surface area contributed by atoms with Crippen molar-refractivity contribution in [1.29, 1.82) is 0 Å². The van der Waals surface area contributed by atoms with Crippen LogP contribution in [0, 0.1) is 11.2 Å². The van der Waals surface area contributed by atoms with Crippen LogP contribution < -0.4 is 0 Å². The van der Waals surface area contributed by atoms with E-state index in [0.717, 1.165) is 0 Å². The number of aliphatic carboxylic acids is 2.